The Hall–Kier alpha value is -2.77. The number of ether oxygens (including phenoxy) is 1. The summed E-state index contributed by atoms with van der Waals surface area (Å²) in [5.41, 5.74) is 2.52. The maximum Gasteiger partial charge on any atom is 0.228 e. The molecule has 0 fully saturated rings. The van der Waals surface area contributed by atoms with Crippen LogP contribution < -0.4 is 4.74 Å². The zero-order valence-electron chi connectivity index (χ0n) is 15.2. The number of nitrogens with zero attached hydrogens (tertiary/aromatic N) is 1. The molecule has 0 atom stereocenters. The smallest absolute Gasteiger partial charge is 0.228 e. The molecule has 5 nitrogen and oxygen atoms in total. The van der Waals surface area contributed by atoms with Crippen LogP contribution in [0, 0.1) is 6.92 Å². The van der Waals surface area contributed by atoms with E-state index in [1.54, 1.807) is 6.20 Å². The number of rotatable bonds is 4. The van der Waals surface area contributed by atoms with E-state index < -0.39 is 0 Å². The molecule has 4 rings (SSSR count). The number of benzene rings is 3. The Morgan fingerprint density at radius 2 is 1.52 bits per heavy atom. The number of aryl methyl sites for hydroxylation is 1. The summed E-state index contributed by atoms with van der Waals surface area (Å²) in [6.07, 6.45) is 1.61. The van der Waals surface area contributed by atoms with Crippen LogP contribution in [0.3, 0.4) is 0 Å². The van der Waals surface area contributed by atoms with Gasteiger partial charge in [0.25, 0.3) is 0 Å². The summed E-state index contributed by atoms with van der Waals surface area (Å²) in [7, 11) is 0. The molecule has 146 valence electrons. The second-order valence-electron chi connectivity index (χ2n) is 6.39. The van der Waals surface area contributed by atoms with E-state index >= 15 is 0 Å². The second-order valence-corrected chi connectivity index (χ2v) is 7.97. The van der Waals surface area contributed by atoms with Crippen molar-refractivity contribution < 1.29 is 19.4 Å². The van der Waals surface area contributed by atoms with E-state index in [-0.39, 0.29) is 11.5 Å². The molecule has 0 saturated carbocycles. The van der Waals surface area contributed by atoms with E-state index in [1.807, 2.05) is 55.5 Å². The van der Waals surface area contributed by atoms with Crippen molar-refractivity contribution in [1.29, 1.82) is 0 Å². The summed E-state index contributed by atoms with van der Waals surface area (Å²) in [4.78, 5) is 4.29. The van der Waals surface area contributed by atoms with Crippen molar-refractivity contribution in [2.75, 3.05) is 0 Å². The molecule has 7 heteroatoms. The summed E-state index contributed by atoms with van der Waals surface area (Å²) in [5, 5.41) is 19.7. The third-order valence-electron chi connectivity index (χ3n) is 4.29. The Kier molecular flexibility index (Phi) is 5.34. The highest BCUT2D eigenvalue weighted by Crippen LogP contribution is 2.45. The first-order valence-corrected chi connectivity index (χ1v) is 10.2. The second kappa shape index (κ2) is 7.93. The van der Waals surface area contributed by atoms with Crippen molar-refractivity contribution in [1.82, 2.24) is 4.98 Å². The largest absolute Gasteiger partial charge is 0.504 e. The van der Waals surface area contributed by atoms with Gasteiger partial charge in [-0.15, -0.1) is 0 Å². The van der Waals surface area contributed by atoms with Gasteiger partial charge in [-0.25, -0.2) is 4.98 Å². The lowest BCUT2D eigenvalue weighted by atomic mass is 10.2. The third-order valence-corrected chi connectivity index (χ3v) is 6.42. The van der Waals surface area contributed by atoms with E-state index in [4.69, 9.17) is 9.15 Å². The number of phenols is 2. The molecule has 0 bridgehead atoms. The molecular weight excluding hydrogens is 502 g/mol. The zero-order valence-corrected chi connectivity index (χ0v) is 18.4. The summed E-state index contributed by atoms with van der Waals surface area (Å²) < 4.78 is 12.6. The van der Waals surface area contributed by atoms with Crippen molar-refractivity contribution in [3.05, 3.63) is 75.3 Å². The number of aromatic nitrogens is 1. The van der Waals surface area contributed by atoms with Gasteiger partial charge in [-0.2, -0.15) is 0 Å². The topological polar surface area (TPSA) is 75.7 Å². The zero-order chi connectivity index (χ0) is 20.5. The van der Waals surface area contributed by atoms with Crippen LogP contribution in [-0.2, 0) is 0 Å². The Balaban J connectivity index is 1.58. The minimum absolute atomic E-state index is 0.253. The molecule has 2 N–H and O–H groups in total. The van der Waals surface area contributed by atoms with E-state index in [1.165, 1.54) is 11.6 Å². The van der Waals surface area contributed by atoms with Crippen molar-refractivity contribution in [3.63, 3.8) is 0 Å². The fraction of sp³-hybridized carbons (Fsp3) is 0.0455. The van der Waals surface area contributed by atoms with E-state index in [2.05, 4.69) is 36.8 Å². The molecule has 29 heavy (non-hydrogen) atoms. The highest BCUT2D eigenvalue weighted by atomic mass is 79.9. The molecule has 1 heterocycles. The first kappa shape index (κ1) is 19.5. The number of aromatic hydroxyl groups is 2. The first-order chi connectivity index (χ1) is 13.9. The molecule has 0 aliphatic carbocycles. The Morgan fingerprint density at radius 1 is 0.897 bits per heavy atom. The van der Waals surface area contributed by atoms with E-state index in [0.717, 1.165) is 11.3 Å². The highest BCUT2D eigenvalue weighted by molar-refractivity contribution is 9.13. The number of phenolic OH excluding ortho intramolecular Hbond substituents is 2. The summed E-state index contributed by atoms with van der Waals surface area (Å²) >= 11 is 6.61. The molecule has 0 aliphatic rings. The van der Waals surface area contributed by atoms with Crippen molar-refractivity contribution in [2.24, 2.45) is 0 Å². The number of hydrogen-bond acceptors (Lipinski definition) is 5. The molecule has 0 aliphatic heterocycles. The van der Waals surface area contributed by atoms with Gasteiger partial charge in [-0.3, -0.25) is 0 Å². The third kappa shape index (κ3) is 4.02. The van der Waals surface area contributed by atoms with E-state index in [9.17, 15) is 10.2 Å². The van der Waals surface area contributed by atoms with Crippen LogP contribution in [0.25, 0.3) is 22.8 Å². The van der Waals surface area contributed by atoms with Gasteiger partial charge in [-0.05, 0) is 81.2 Å². The molecule has 0 amide bonds. The van der Waals surface area contributed by atoms with E-state index in [0.29, 0.717) is 31.9 Å². The van der Waals surface area contributed by atoms with Gasteiger partial charge in [0, 0.05) is 10.0 Å². The highest BCUT2D eigenvalue weighted by Gasteiger charge is 2.19. The van der Waals surface area contributed by atoms with Crippen LogP contribution in [0.2, 0.25) is 0 Å². The predicted octanol–water partition coefficient (Wildman–Crippen LogP) is 7.05. The standard InChI is InChI=1S/C22H15Br2NO4/c1-12-2-6-14(7-3-12)28-15-8-4-13(5-9-15)18-11-25-22(29-18)16-10-17(26)21(27)20(24)19(16)23/h2-11,26-27H,1H3. The van der Waals surface area contributed by atoms with Crippen LogP contribution in [0.1, 0.15) is 5.56 Å². The van der Waals surface area contributed by atoms with Gasteiger partial charge in [0.2, 0.25) is 5.89 Å². The van der Waals surface area contributed by atoms with Gasteiger partial charge in [0.15, 0.2) is 17.3 Å². The Labute approximate surface area is 183 Å². The molecule has 0 radical (unpaired) electrons. The molecular formula is C22H15Br2NO4. The average molecular weight is 517 g/mol. The molecule has 0 unspecified atom stereocenters. The van der Waals surface area contributed by atoms with Crippen LogP contribution in [0.4, 0.5) is 0 Å². The molecule has 4 aromatic rings. The lowest BCUT2D eigenvalue weighted by Crippen LogP contribution is -1.84. The average Bonchev–Trinajstić information content (AvgIpc) is 3.21. The maximum absolute atomic E-state index is 9.87. The van der Waals surface area contributed by atoms with Crippen LogP contribution in [-0.4, -0.2) is 15.2 Å². The summed E-state index contributed by atoms with van der Waals surface area (Å²) in [6.45, 7) is 2.03. The summed E-state index contributed by atoms with van der Waals surface area (Å²) in [5.74, 6) is 1.84. The van der Waals surface area contributed by atoms with Crippen LogP contribution in [0.5, 0.6) is 23.0 Å². The first-order valence-electron chi connectivity index (χ1n) is 8.63. The fourth-order valence-electron chi connectivity index (χ4n) is 2.72. The predicted molar refractivity (Wildman–Crippen MR) is 117 cm³/mol. The normalized spacial score (nSPS) is 10.9. The van der Waals surface area contributed by atoms with Gasteiger partial charge >= 0.3 is 0 Å². The maximum atomic E-state index is 9.87. The lowest BCUT2D eigenvalue weighted by Gasteiger charge is -2.07. The summed E-state index contributed by atoms with van der Waals surface area (Å²) in [6, 6.07) is 16.7. The molecule has 0 saturated heterocycles. The van der Waals surface area contributed by atoms with Gasteiger partial charge in [0.1, 0.15) is 11.5 Å². The SMILES string of the molecule is Cc1ccc(Oc2ccc(-c3cnc(-c4cc(O)c(O)c(Br)c4Br)o3)cc2)cc1. The minimum Gasteiger partial charge on any atom is -0.504 e. The number of oxazole rings is 1. The lowest BCUT2D eigenvalue weighted by molar-refractivity contribution is 0.401. The van der Waals surface area contributed by atoms with Gasteiger partial charge < -0.3 is 19.4 Å². The van der Waals surface area contributed by atoms with Gasteiger partial charge in [0.05, 0.1) is 16.2 Å². The fourth-order valence-corrected chi connectivity index (χ4v) is 3.61. The van der Waals surface area contributed by atoms with Crippen molar-refractivity contribution in [2.45, 2.75) is 6.92 Å². The monoisotopic (exact) mass is 515 g/mol. The number of hydrogen-bond donors (Lipinski definition) is 2. The Bertz CT molecular complexity index is 1170. The van der Waals surface area contributed by atoms with Crippen molar-refractivity contribution in [3.8, 4) is 45.8 Å². The molecule has 1 aromatic heterocycles. The Morgan fingerprint density at radius 3 is 2.17 bits per heavy atom. The van der Waals surface area contributed by atoms with Gasteiger partial charge in [-0.1, -0.05) is 17.7 Å². The molecule has 0 spiro atoms. The minimum atomic E-state index is -0.271. The van der Waals surface area contributed by atoms with Crippen molar-refractivity contribution >= 4 is 31.9 Å². The van der Waals surface area contributed by atoms with Crippen LogP contribution >= 0.6 is 31.9 Å². The van der Waals surface area contributed by atoms with Crippen LogP contribution in [0.15, 0.2) is 74.2 Å². The quantitative estimate of drug-likeness (QED) is 0.284. The molecule has 3 aromatic carbocycles. The number of halogens is 2.